The van der Waals surface area contributed by atoms with E-state index in [0.717, 1.165) is 12.1 Å². The van der Waals surface area contributed by atoms with Crippen LogP contribution >= 0.6 is 11.6 Å². The molecule has 0 unspecified atom stereocenters. The molecule has 1 aromatic heterocycles. The van der Waals surface area contributed by atoms with Gasteiger partial charge in [0.05, 0.1) is 21.8 Å². The van der Waals surface area contributed by atoms with Crippen molar-refractivity contribution in [3.63, 3.8) is 0 Å². The molecular formula is C26H21ClF6N4O4S. The minimum Gasteiger partial charge on any atom is -0.336 e. The maximum atomic E-state index is 14.2. The number of halogens is 7. The van der Waals surface area contributed by atoms with Crippen molar-refractivity contribution >= 4 is 33.3 Å². The first kappa shape index (κ1) is 30.1. The SMILES string of the molecule is N#CC1(NC(=O)[C@@H]2C[C@@H](S(=O)(=O)c3ccc(-c4ccnc(Cl)c4)cc3C(F)(F)F)CN2C(=O)C2(C(F)(F)F)CC2)CC1. The Kier molecular flexibility index (Phi) is 7.05. The van der Waals surface area contributed by atoms with Crippen LogP contribution in [0.2, 0.25) is 5.15 Å². The van der Waals surface area contributed by atoms with Crippen LogP contribution in [0.1, 0.15) is 37.7 Å². The van der Waals surface area contributed by atoms with Gasteiger partial charge < -0.3 is 10.2 Å². The van der Waals surface area contributed by atoms with Gasteiger partial charge in [-0.2, -0.15) is 31.6 Å². The molecule has 3 fully saturated rings. The lowest BCUT2D eigenvalue weighted by atomic mass is 10.0. The third-order valence-corrected chi connectivity index (χ3v) is 10.3. The molecule has 1 N–H and O–H groups in total. The van der Waals surface area contributed by atoms with Crippen molar-refractivity contribution in [3.8, 4) is 17.2 Å². The standard InChI is InChI=1S/C26H21ClF6N4O4S/c27-20-10-15(3-8-35-20)14-1-2-19(17(9-14)25(28,29)30)42(40,41)16-11-18(21(38)36-23(13-34)4-5-23)37(12-16)22(39)24(6-7-24)26(31,32)33/h1-3,8-10,16,18H,4-7,11-12H2,(H,36,38)/t16-,18+/m1/s1. The number of sulfone groups is 1. The molecule has 1 aliphatic heterocycles. The van der Waals surface area contributed by atoms with Gasteiger partial charge >= 0.3 is 12.4 Å². The van der Waals surface area contributed by atoms with Crippen molar-refractivity contribution in [1.82, 2.24) is 15.2 Å². The smallest absolute Gasteiger partial charge is 0.336 e. The van der Waals surface area contributed by atoms with Crippen LogP contribution in [0.3, 0.4) is 0 Å². The molecule has 16 heteroatoms. The van der Waals surface area contributed by atoms with E-state index < -0.39 is 92.5 Å². The van der Waals surface area contributed by atoms with Crippen molar-refractivity contribution in [2.24, 2.45) is 5.41 Å². The molecule has 42 heavy (non-hydrogen) atoms. The molecule has 1 saturated heterocycles. The summed E-state index contributed by atoms with van der Waals surface area (Å²) in [5, 5.41) is 9.83. The molecule has 2 saturated carbocycles. The zero-order valence-corrected chi connectivity index (χ0v) is 23.0. The third-order valence-electron chi connectivity index (χ3n) is 7.94. The van der Waals surface area contributed by atoms with E-state index in [1.165, 1.54) is 18.3 Å². The van der Waals surface area contributed by atoms with Gasteiger partial charge in [-0.05, 0) is 67.5 Å². The second kappa shape index (κ2) is 9.84. The number of alkyl halides is 6. The number of amides is 2. The van der Waals surface area contributed by atoms with Crippen molar-refractivity contribution in [2.75, 3.05) is 6.54 Å². The number of nitrogens with zero attached hydrogens (tertiary/aromatic N) is 3. The summed E-state index contributed by atoms with van der Waals surface area (Å²) in [4.78, 5) is 29.4. The lowest BCUT2D eigenvalue weighted by molar-refractivity contribution is -0.199. The highest BCUT2D eigenvalue weighted by Gasteiger charge is 2.70. The average molecular weight is 635 g/mol. The number of benzene rings is 1. The van der Waals surface area contributed by atoms with Crippen molar-refractivity contribution in [2.45, 2.75) is 66.2 Å². The van der Waals surface area contributed by atoms with E-state index >= 15 is 0 Å². The Morgan fingerprint density at radius 2 is 1.69 bits per heavy atom. The Morgan fingerprint density at radius 1 is 1.05 bits per heavy atom. The zero-order chi connectivity index (χ0) is 30.9. The maximum absolute atomic E-state index is 14.2. The number of hydrogen-bond acceptors (Lipinski definition) is 6. The van der Waals surface area contributed by atoms with Gasteiger partial charge in [0.15, 0.2) is 9.84 Å². The number of aromatic nitrogens is 1. The van der Waals surface area contributed by atoms with Crippen LogP contribution < -0.4 is 5.32 Å². The number of likely N-dealkylation sites (tertiary alicyclic amines) is 1. The molecule has 0 radical (unpaired) electrons. The highest BCUT2D eigenvalue weighted by atomic mass is 35.5. The molecule has 5 rings (SSSR count). The predicted molar refractivity (Wildman–Crippen MR) is 134 cm³/mol. The Labute approximate surface area is 240 Å². The zero-order valence-electron chi connectivity index (χ0n) is 21.4. The van der Waals surface area contributed by atoms with Crippen molar-refractivity contribution in [1.29, 1.82) is 5.26 Å². The topological polar surface area (TPSA) is 120 Å². The van der Waals surface area contributed by atoms with Crippen LogP contribution in [-0.4, -0.2) is 59.7 Å². The number of pyridine rings is 1. The van der Waals surface area contributed by atoms with E-state index in [1.54, 1.807) is 0 Å². The number of nitrogens with one attached hydrogen (secondary N) is 1. The van der Waals surface area contributed by atoms with Crippen molar-refractivity contribution < 1.29 is 44.3 Å². The summed E-state index contributed by atoms with van der Waals surface area (Å²) < 4.78 is 111. The van der Waals surface area contributed by atoms with Gasteiger partial charge in [0.2, 0.25) is 11.8 Å². The fourth-order valence-corrected chi connectivity index (χ4v) is 7.23. The highest BCUT2D eigenvalue weighted by molar-refractivity contribution is 7.92. The second-order valence-electron chi connectivity index (χ2n) is 10.7. The predicted octanol–water partition coefficient (Wildman–Crippen LogP) is 4.68. The fourth-order valence-electron chi connectivity index (χ4n) is 5.16. The van der Waals surface area contributed by atoms with Crippen LogP contribution in [0.5, 0.6) is 0 Å². The van der Waals surface area contributed by atoms with Gasteiger partial charge in [0.25, 0.3) is 0 Å². The molecule has 224 valence electrons. The monoisotopic (exact) mass is 634 g/mol. The van der Waals surface area contributed by atoms with Gasteiger partial charge in [0.1, 0.15) is 22.1 Å². The quantitative estimate of drug-likeness (QED) is 0.364. The number of rotatable bonds is 6. The number of hydrogen-bond donors (Lipinski definition) is 1. The number of nitriles is 1. The molecule has 2 amide bonds. The molecule has 8 nitrogen and oxygen atoms in total. The molecule has 0 spiro atoms. The van der Waals surface area contributed by atoms with Gasteiger partial charge in [-0.3, -0.25) is 9.59 Å². The van der Waals surface area contributed by atoms with E-state index in [0.29, 0.717) is 11.0 Å². The Balaban J connectivity index is 1.53. The van der Waals surface area contributed by atoms with E-state index in [-0.39, 0.29) is 29.1 Å². The van der Waals surface area contributed by atoms with Crippen LogP contribution in [0, 0.1) is 16.7 Å². The Morgan fingerprint density at radius 3 is 2.21 bits per heavy atom. The minimum absolute atomic E-state index is 0.0190. The summed E-state index contributed by atoms with van der Waals surface area (Å²) >= 11 is 5.83. The van der Waals surface area contributed by atoms with Gasteiger partial charge in [-0.15, -0.1) is 0 Å². The molecule has 2 atom stereocenters. The van der Waals surface area contributed by atoms with Gasteiger partial charge in [-0.1, -0.05) is 17.7 Å². The van der Waals surface area contributed by atoms with E-state index in [9.17, 15) is 49.6 Å². The molecule has 2 aromatic rings. The number of carbonyl (C=O) groups is 2. The summed E-state index contributed by atoms with van der Waals surface area (Å²) in [6.45, 7) is -0.935. The molecular weight excluding hydrogens is 614 g/mol. The molecule has 2 heterocycles. The maximum Gasteiger partial charge on any atom is 0.417 e. The van der Waals surface area contributed by atoms with Crippen LogP contribution in [0.25, 0.3) is 11.1 Å². The van der Waals surface area contributed by atoms with E-state index in [2.05, 4.69) is 10.3 Å². The van der Waals surface area contributed by atoms with E-state index in [1.807, 2.05) is 6.07 Å². The van der Waals surface area contributed by atoms with E-state index in [4.69, 9.17) is 11.6 Å². The second-order valence-corrected chi connectivity index (χ2v) is 13.3. The summed E-state index contributed by atoms with van der Waals surface area (Å²) in [6.07, 6.45) is -10.3. The Hall–Kier alpha value is -3.38. The van der Waals surface area contributed by atoms with Gasteiger partial charge in [0, 0.05) is 12.7 Å². The van der Waals surface area contributed by atoms with Crippen molar-refractivity contribution in [3.05, 3.63) is 47.2 Å². The van der Waals surface area contributed by atoms with Crippen LogP contribution in [0.15, 0.2) is 41.4 Å². The first-order valence-corrected chi connectivity index (χ1v) is 14.5. The summed E-state index contributed by atoms with van der Waals surface area (Å²) in [7, 11) is -4.97. The summed E-state index contributed by atoms with van der Waals surface area (Å²) in [5.74, 6) is -2.56. The van der Waals surface area contributed by atoms with Crippen LogP contribution in [0.4, 0.5) is 26.3 Å². The van der Waals surface area contributed by atoms with Gasteiger partial charge in [-0.25, -0.2) is 13.4 Å². The first-order chi connectivity index (χ1) is 19.4. The lowest BCUT2D eigenvalue weighted by Gasteiger charge is -2.29. The largest absolute Gasteiger partial charge is 0.417 e. The summed E-state index contributed by atoms with van der Waals surface area (Å²) in [5.41, 5.74) is -5.44. The Bertz CT molecular complexity index is 1610. The third kappa shape index (κ3) is 5.19. The molecule has 2 aliphatic carbocycles. The highest BCUT2D eigenvalue weighted by Crippen LogP contribution is 2.59. The van der Waals surface area contributed by atoms with Crippen LogP contribution in [-0.2, 0) is 25.6 Å². The lowest BCUT2D eigenvalue weighted by Crippen LogP contribution is -2.53. The molecule has 0 bridgehead atoms. The molecule has 1 aromatic carbocycles. The molecule has 3 aliphatic rings. The normalized spacial score (nSPS) is 22.8. The fraction of sp³-hybridized carbons (Fsp3) is 0.462. The number of carbonyl (C=O) groups excluding carboxylic acids is 2. The average Bonchev–Trinajstić information content (AvgIpc) is 3.83. The minimum atomic E-state index is -5.17. The summed E-state index contributed by atoms with van der Waals surface area (Å²) in [6, 6.07) is 5.21. The first-order valence-electron chi connectivity index (χ1n) is 12.6.